The van der Waals surface area contributed by atoms with Crippen molar-refractivity contribution >= 4 is 0 Å². The molecule has 0 amide bonds. The summed E-state index contributed by atoms with van der Waals surface area (Å²) in [5.74, 6) is 0. The molecule has 0 spiro atoms. The molecule has 2 aromatic heterocycles. The Balaban J connectivity index is 2.39. The van der Waals surface area contributed by atoms with E-state index in [-0.39, 0.29) is 6.04 Å². The summed E-state index contributed by atoms with van der Waals surface area (Å²) < 4.78 is 3.99. The smallest absolute Gasteiger partial charge is 0.0918 e. The topological polar surface area (TPSA) is 47.7 Å². The molecule has 0 radical (unpaired) electrons. The van der Waals surface area contributed by atoms with Gasteiger partial charge in [0.2, 0.25) is 0 Å². The van der Waals surface area contributed by atoms with Crippen molar-refractivity contribution in [1.29, 1.82) is 0 Å². The summed E-state index contributed by atoms with van der Waals surface area (Å²) in [6, 6.07) is 4.37. The van der Waals surface area contributed by atoms with Crippen LogP contribution in [0.15, 0.2) is 18.3 Å². The van der Waals surface area contributed by atoms with E-state index in [4.69, 9.17) is 0 Å². The van der Waals surface area contributed by atoms with Gasteiger partial charge < -0.3 is 5.32 Å². The SMILES string of the molecule is CCCNC(c1ccnn1C)c1cc(C)nn1CC. The van der Waals surface area contributed by atoms with Crippen LogP contribution in [0.25, 0.3) is 0 Å². The van der Waals surface area contributed by atoms with Crippen molar-refractivity contribution in [2.75, 3.05) is 6.54 Å². The standard InChI is InChI=1S/C14H23N5/c1-5-8-15-14(12-7-9-16-18(12)4)13-10-11(3)17-19(13)6-2/h7,9-10,14-15H,5-6,8H2,1-4H3. The van der Waals surface area contributed by atoms with E-state index in [9.17, 15) is 0 Å². The maximum atomic E-state index is 4.54. The van der Waals surface area contributed by atoms with Gasteiger partial charge in [0.15, 0.2) is 0 Å². The van der Waals surface area contributed by atoms with E-state index in [0.29, 0.717) is 0 Å². The van der Waals surface area contributed by atoms with Crippen molar-refractivity contribution < 1.29 is 0 Å². The van der Waals surface area contributed by atoms with E-state index in [0.717, 1.165) is 25.2 Å². The molecule has 5 nitrogen and oxygen atoms in total. The molecule has 1 unspecified atom stereocenters. The van der Waals surface area contributed by atoms with Crippen molar-refractivity contribution in [2.24, 2.45) is 7.05 Å². The lowest BCUT2D eigenvalue weighted by molar-refractivity contribution is 0.503. The minimum Gasteiger partial charge on any atom is -0.304 e. The van der Waals surface area contributed by atoms with Gasteiger partial charge >= 0.3 is 0 Å². The van der Waals surface area contributed by atoms with E-state index < -0.39 is 0 Å². The average molecular weight is 261 g/mol. The maximum Gasteiger partial charge on any atom is 0.0918 e. The van der Waals surface area contributed by atoms with Crippen LogP contribution in [0, 0.1) is 6.92 Å². The van der Waals surface area contributed by atoms with E-state index in [2.05, 4.69) is 46.2 Å². The zero-order chi connectivity index (χ0) is 13.8. The third kappa shape index (κ3) is 2.87. The molecule has 0 aliphatic heterocycles. The molecule has 0 aromatic carbocycles. The van der Waals surface area contributed by atoms with Gasteiger partial charge in [-0.05, 0) is 38.9 Å². The highest BCUT2D eigenvalue weighted by atomic mass is 15.3. The molecule has 0 fully saturated rings. The maximum absolute atomic E-state index is 4.54. The Morgan fingerprint density at radius 3 is 2.68 bits per heavy atom. The molecule has 1 N–H and O–H groups in total. The van der Waals surface area contributed by atoms with Crippen molar-refractivity contribution in [2.45, 2.75) is 39.8 Å². The summed E-state index contributed by atoms with van der Waals surface area (Å²) in [4.78, 5) is 0. The van der Waals surface area contributed by atoms with Gasteiger partial charge in [0.25, 0.3) is 0 Å². The number of nitrogens with zero attached hydrogens (tertiary/aromatic N) is 4. The van der Waals surface area contributed by atoms with Crippen LogP contribution >= 0.6 is 0 Å². The summed E-state index contributed by atoms with van der Waals surface area (Å²) in [5, 5.41) is 12.4. The molecule has 2 aromatic rings. The number of hydrogen-bond acceptors (Lipinski definition) is 3. The van der Waals surface area contributed by atoms with Crippen molar-refractivity contribution in [3.05, 3.63) is 35.4 Å². The van der Waals surface area contributed by atoms with Crippen molar-refractivity contribution in [1.82, 2.24) is 24.9 Å². The number of hydrogen-bond donors (Lipinski definition) is 1. The molecular weight excluding hydrogens is 238 g/mol. The third-order valence-corrected chi connectivity index (χ3v) is 3.28. The highest BCUT2D eigenvalue weighted by molar-refractivity contribution is 5.23. The van der Waals surface area contributed by atoms with Crippen LogP contribution in [0.3, 0.4) is 0 Å². The Kier molecular flexibility index (Phi) is 4.37. The molecule has 0 bridgehead atoms. The fourth-order valence-corrected chi connectivity index (χ4v) is 2.37. The fraction of sp³-hybridized carbons (Fsp3) is 0.571. The van der Waals surface area contributed by atoms with Crippen LogP contribution in [0.4, 0.5) is 0 Å². The Morgan fingerprint density at radius 2 is 2.11 bits per heavy atom. The summed E-state index contributed by atoms with van der Waals surface area (Å²) in [5.41, 5.74) is 3.43. The van der Waals surface area contributed by atoms with Gasteiger partial charge in [-0.1, -0.05) is 6.92 Å². The molecule has 0 saturated carbocycles. The molecule has 1 atom stereocenters. The van der Waals surface area contributed by atoms with E-state index in [1.807, 2.05) is 24.9 Å². The second-order valence-corrected chi connectivity index (χ2v) is 4.79. The van der Waals surface area contributed by atoms with Crippen LogP contribution in [-0.2, 0) is 13.6 Å². The lowest BCUT2D eigenvalue weighted by atomic mass is 10.1. The lowest BCUT2D eigenvalue weighted by Gasteiger charge is -2.19. The molecule has 0 aliphatic carbocycles. The Morgan fingerprint density at radius 1 is 1.32 bits per heavy atom. The first-order valence-corrected chi connectivity index (χ1v) is 6.93. The predicted molar refractivity (Wildman–Crippen MR) is 76.0 cm³/mol. The highest BCUT2D eigenvalue weighted by Gasteiger charge is 2.20. The zero-order valence-corrected chi connectivity index (χ0v) is 12.2. The van der Waals surface area contributed by atoms with Gasteiger partial charge in [0.1, 0.15) is 0 Å². The van der Waals surface area contributed by atoms with Crippen molar-refractivity contribution in [3.63, 3.8) is 0 Å². The number of aryl methyl sites for hydroxylation is 3. The zero-order valence-electron chi connectivity index (χ0n) is 12.2. The van der Waals surface area contributed by atoms with E-state index >= 15 is 0 Å². The lowest BCUT2D eigenvalue weighted by Crippen LogP contribution is -2.27. The van der Waals surface area contributed by atoms with Crippen LogP contribution in [-0.4, -0.2) is 26.1 Å². The van der Waals surface area contributed by atoms with Crippen molar-refractivity contribution in [3.8, 4) is 0 Å². The molecule has 5 heteroatoms. The van der Waals surface area contributed by atoms with Crippen LogP contribution in [0.5, 0.6) is 0 Å². The van der Waals surface area contributed by atoms with Crippen LogP contribution in [0.2, 0.25) is 0 Å². The molecule has 2 heterocycles. The quantitative estimate of drug-likeness (QED) is 0.865. The Bertz CT molecular complexity index is 526. The second kappa shape index (κ2) is 6.02. The van der Waals surface area contributed by atoms with Gasteiger partial charge in [0.05, 0.1) is 23.1 Å². The van der Waals surface area contributed by atoms with E-state index in [1.54, 1.807) is 0 Å². The normalized spacial score (nSPS) is 12.8. The molecule has 104 valence electrons. The highest BCUT2D eigenvalue weighted by Crippen LogP contribution is 2.22. The summed E-state index contributed by atoms with van der Waals surface area (Å²) in [6.07, 6.45) is 2.95. The first-order chi connectivity index (χ1) is 9.17. The van der Waals surface area contributed by atoms with Gasteiger partial charge in [0, 0.05) is 19.8 Å². The first kappa shape index (κ1) is 13.8. The van der Waals surface area contributed by atoms with Crippen LogP contribution < -0.4 is 5.32 Å². The summed E-state index contributed by atoms with van der Waals surface area (Å²) in [6.45, 7) is 8.19. The average Bonchev–Trinajstić information content (AvgIpc) is 2.97. The molecule has 0 aliphatic rings. The fourth-order valence-electron chi connectivity index (χ4n) is 2.37. The number of nitrogens with one attached hydrogen (secondary N) is 1. The predicted octanol–water partition coefficient (Wildman–Crippen LogP) is 2.03. The Labute approximate surface area is 114 Å². The van der Waals surface area contributed by atoms with Gasteiger partial charge in [-0.3, -0.25) is 9.36 Å². The Hall–Kier alpha value is -1.62. The molecule has 0 saturated heterocycles. The number of aromatic nitrogens is 4. The summed E-state index contributed by atoms with van der Waals surface area (Å²) >= 11 is 0. The molecule has 19 heavy (non-hydrogen) atoms. The minimum atomic E-state index is 0.147. The van der Waals surface area contributed by atoms with E-state index in [1.165, 1.54) is 11.4 Å². The third-order valence-electron chi connectivity index (χ3n) is 3.28. The first-order valence-electron chi connectivity index (χ1n) is 6.93. The largest absolute Gasteiger partial charge is 0.304 e. The minimum absolute atomic E-state index is 0.147. The summed E-state index contributed by atoms with van der Waals surface area (Å²) in [7, 11) is 1.98. The van der Waals surface area contributed by atoms with Crippen LogP contribution in [0.1, 0.15) is 43.4 Å². The van der Waals surface area contributed by atoms with Gasteiger partial charge in [-0.2, -0.15) is 10.2 Å². The number of rotatable bonds is 6. The van der Waals surface area contributed by atoms with Gasteiger partial charge in [-0.15, -0.1) is 0 Å². The molecular formula is C14H23N5. The molecule has 2 rings (SSSR count). The van der Waals surface area contributed by atoms with Gasteiger partial charge in [-0.25, -0.2) is 0 Å². The second-order valence-electron chi connectivity index (χ2n) is 4.79. The monoisotopic (exact) mass is 261 g/mol.